The van der Waals surface area contributed by atoms with Gasteiger partial charge in [0.2, 0.25) is 5.91 Å². The van der Waals surface area contributed by atoms with Gasteiger partial charge in [-0.05, 0) is 49.6 Å². The van der Waals surface area contributed by atoms with Crippen LogP contribution in [0.4, 0.5) is 5.69 Å². The zero-order valence-electron chi connectivity index (χ0n) is 14.4. The largest absolute Gasteiger partial charge is 0.366 e. The molecule has 5 heteroatoms. The molecule has 3 rings (SSSR count). The van der Waals surface area contributed by atoms with Gasteiger partial charge in [-0.1, -0.05) is 24.3 Å². The van der Waals surface area contributed by atoms with Gasteiger partial charge in [0.05, 0.1) is 0 Å². The Balaban J connectivity index is 1.62. The Kier molecular flexibility index (Phi) is 5.14. The maximum atomic E-state index is 12.5. The van der Waals surface area contributed by atoms with E-state index in [1.54, 1.807) is 24.3 Å². The molecule has 0 fully saturated rings. The SMILES string of the molecule is C[C@H]([NH2+][C@@H]1CCCc2ccccc21)C(=O)Nc1ccc(C(N)=O)cc1. The van der Waals surface area contributed by atoms with E-state index in [1.807, 2.05) is 6.92 Å². The van der Waals surface area contributed by atoms with Crippen molar-refractivity contribution in [2.24, 2.45) is 5.73 Å². The third-order valence-electron chi connectivity index (χ3n) is 4.79. The van der Waals surface area contributed by atoms with Crippen molar-refractivity contribution in [1.82, 2.24) is 0 Å². The maximum Gasteiger partial charge on any atom is 0.282 e. The molecule has 5 N–H and O–H groups in total. The molecule has 2 amide bonds. The van der Waals surface area contributed by atoms with Crippen molar-refractivity contribution in [2.45, 2.75) is 38.3 Å². The normalized spacial score (nSPS) is 17.4. The van der Waals surface area contributed by atoms with Crippen LogP contribution in [0.3, 0.4) is 0 Å². The fraction of sp³-hybridized carbons (Fsp3) is 0.300. The molecule has 0 saturated carbocycles. The molecule has 2 aromatic rings. The Bertz CT molecular complexity index is 771. The summed E-state index contributed by atoms with van der Waals surface area (Å²) in [5.74, 6) is -0.523. The Morgan fingerprint density at radius 1 is 1.16 bits per heavy atom. The highest BCUT2D eigenvalue weighted by atomic mass is 16.2. The Morgan fingerprint density at radius 3 is 2.60 bits per heavy atom. The molecule has 5 nitrogen and oxygen atoms in total. The minimum absolute atomic E-state index is 0.0464. The molecule has 0 radical (unpaired) electrons. The number of amides is 2. The van der Waals surface area contributed by atoms with Crippen LogP contribution in [-0.4, -0.2) is 17.9 Å². The Morgan fingerprint density at radius 2 is 1.88 bits per heavy atom. The third kappa shape index (κ3) is 4.06. The lowest BCUT2D eigenvalue weighted by atomic mass is 9.87. The molecular formula is C20H24N3O2+. The number of benzene rings is 2. The summed E-state index contributed by atoms with van der Waals surface area (Å²) in [4.78, 5) is 23.6. The number of quaternary nitrogens is 1. The van der Waals surface area contributed by atoms with Crippen LogP contribution >= 0.6 is 0 Å². The quantitative estimate of drug-likeness (QED) is 0.775. The lowest BCUT2D eigenvalue weighted by molar-refractivity contribution is -0.714. The van der Waals surface area contributed by atoms with Crippen molar-refractivity contribution in [3.63, 3.8) is 0 Å². The predicted molar refractivity (Wildman–Crippen MR) is 97.1 cm³/mol. The van der Waals surface area contributed by atoms with Gasteiger partial charge in [-0.2, -0.15) is 0 Å². The molecule has 2 aromatic carbocycles. The van der Waals surface area contributed by atoms with E-state index in [2.05, 4.69) is 34.9 Å². The summed E-state index contributed by atoms with van der Waals surface area (Å²) in [6.07, 6.45) is 3.36. The number of rotatable bonds is 5. The number of nitrogens with one attached hydrogen (secondary N) is 1. The van der Waals surface area contributed by atoms with E-state index in [0.717, 1.165) is 19.3 Å². The Hall–Kier alpha value is -2.66. The monoisotopic (exact) mass is 338 g/mol. The summed E-state index contributed by atoms with van der Waals surface area (Å²) in [6.45, 7) is 1.92. The smallest absolute Gasteiger partial charge is 0.282 e. The van der Waals surface area contributed by atoms with Crippen LogP contribution in [-0.2, 0) is 11.2 Å². The highest BCUT2D eigenvalue weighted by molar-refractivity contribution is 5.95. The second-order valence-electron chi connectivity index (χ2n) is 6.61. The molecule has 25 heavy (non-hydrogen) atoms. The summed E-state index contributed by atoms with van der Waals surface area (Å²) in [5.41, 5.74) is 9.06. The first-order valence-corrected chi connectivity index (χ1v) is 8.68. The van der Waals surface area contributed by atoms with Gasteiger partial charge in [0, 0.05) is 23.2 Å². The summed E-state index contributed by atoms with van der Waals surface area (Å²) >= 11 is 0. The molecule has 1 aliphatic rings. The number of aryl methyl sites for hydroxylation is 1. The fourth-order valence-electron chi connectivity index (χ4n) is 3.40. The lowest BCUT2D eigenvalue weighted by Crippen LogP contribution is -2.92. The highest BCUT2D eigenvalue weighted by Gasteiger charge is 2.27. The number of fused-ring (bicyclic) bond motifs is 1. The van der Waals surface area contributed by atoms with E-state index >= 15 is 0 Å². The van der Waals surface area contributed by atoms with E-state index in [1.165, 1.54) is 11.1 Å². The molecule has 0 heterocycles. The van der Waals surface area contributed by atoms with Gasteiger partial charge >= 0.3 is 0 Å². The predicted octanol–water partition coefficient (Wildman–Crippen LogP) is 1.75. The van der Waals surface area contributed by atoms with Gasteiger partial charge in [-0.15, -0.1) is 0 Å². The molecule has 0 saturated heterocycles. The minimum Gasteiger partial charge on any atom is -0.366 e. The zero-order chi connectivity index (χ0) is 17.8. The van der Waals surface area contributed by atoms with Gasteiger partial charge < -0.3 is 16.4 Å². The number of hydrogen-bond acceptors (Lipinski definition) is 2. The van der Waals surface area contributed by atoms with Crippen LogP contribution in [0.1, 0.15) is 47.3 Å². The number of hydrogen-bond donors (Lipinski definition) is 3. The highest BCUT2D eigenvalue weighted by Crippen LogP contribution is 2.26. The first-order chi connectivity index (χ1) is 12.0. The van der Waals surface area contributed by atoms with Crippen LogP contribution in [0.15, 0.2) is 48.5 Å². The number of carbonyl (C=O) groups is 2. The molecule has 0 bridgehead atoms. The van der Waals surface area contributed by atoms with Crippen LogP contribution in [0, 0.1) is 0 Å². The van der Waals surface area contributed by atoms with Gasteiger partial charge in [0.25, 0.3) is 5.91 Å². The van der Waals surface area contributed by atoms with Crippen LogP contribution < -0.4 is 16.4 Å². The molecule has 2 atom stereocenters. The van der Waals surface area contributed by atoms with Gasteiger partial charge in [0.15, 0.2) is 6.04 Å². The van der Waals surface area contributed by atoms with Gasteiger partial charge in [-0.25, -0.2) is 0 Å². The molecule has 1 aliphatic carbocycles. The third-order valence-corrected chi connectivity index (χ3v) is 4.79. The van der Waals surface area contributed by atoms with Crippen molar-refractivity contribution >= 4 is 17.5 Å². The minimum atomic E-state index is -0.476. The van der Waals surface area contributed by atoms with Crippen LogP contribution in [0.2, 0.25) is 0 Å². The zero-order valence-corrected chi connectivity index (χ0v) is 14.4. The van der Waals surface area contributed by atoms with E-state index in [4.69, 9.17) is 5.73 Å². The molecule has 130 valence electrons. The van der Waals surface area contributed by atoms with Crippen LogP contribution in [0.25, 0.3) is 0 Å². The van der Waals surface area contributed by atoms with E-state index < -0.39 is 5.91 Å². The van der Waals surface area contributed by atoms with Gasteiger partial charge in [0.1, 0.15) is 6.04 Å². The first kappa shape index (κ1) is 17.2. The topological polar surface area (TPSA) is 88.8 Å². The van der Waals surface area contributed by atoms with Crippen molar-refractivity contribution in [3.05, 3.63) is 65.2 Å². The maximum absolute atomic E-state index is 12.5. The number of carbonyl (C=O) groups excluding carboxylic acids is 2. The molecule has 0 spiro atoms. The summed E-state index contributed by atoms with van der Waals surface area (Å²) in [5, 5.41) is 5.04. The lowest BCUT2D eigenvalue weighted by Gasteiger charge is -2.26. The number of nitrogens with two attached hydrogens (primary N) is 2. The van der Waals surface area contributed by atoms with Crippen molar-refractivity contribution in [1.29, 1.82) is 0 Å². The fourth-order valence-corrected chi connectivity index (χ4v) is 3.40. The average molecular weight is 338 g/mol. The standard InChI is InChI=1S/C20H23N3O2/c1-13(20(25)23-16-11-9-15(10-12-16)19(21)24)22-18-8-4-6-14-5-2-3-7-17(14)18/h2-3,5,7,9-13,18,22H,4,6,8H2,1H3,(H2,21,24)(H,23,25)/p+1/t13-,18+/m0/s1. The number of anilines is 1. The van der Waals surface area contributed by atoms with Crippen LogP contribution in [0.5, 0.6) is 0 Å². The van der Waals surface area contributed by atoms with Crippen molar-refractivity contribution in [3.8, 4) is 0 Å². The van der Waals surface area contributed by atoms with E-state index in [9.17, 15) is 9.59 Å². The molecule has 0 aliphatic heterocycles. The second kappa shape index (κ2) is 7.49. The molecule has 0 unspecified atom stereocenters. The van der Waals surface area contributed by atoms with Gasteiger partial charge in [-0.3, -0.25) is 9.59 Å². The van der Waals surface area contributed by atoms with E-state index in [-0.39, 0.29) is 11.9 Å². The molecule has 0 aromatic heterocycles. The molecular weight excluding hydrogens is 314 g/mol. The summed E-state index contributed by atoms with van der Waals surface area (Å²) < 4.78 is 0. The summed E-state index contributed by atoms with van der Waals surface area (Å²) in [7, 11) is 0. The van der Waals surface area contributed by atoms with Crippen molar-refractivity contribution < 1.29 is 14.9 Å². The second-order valence-corrected chi connectivity index (χ2v) is 6.61. The van der Waals surface area contributed by atoms with Crippen molar-refractivity contribution in [2.75, 3.05) is 5.32 Å². The number of primary amides is 1. The van der Waals surface area contributed by atoms with E-state index in [0.29, 0.717) is 17.3 Å². The average Bonchev–Trinajstić information content (AvgIpc) is 2.62. The Labute approximate surface area is 147 Å². The first-order valence-electron chi connectivity index (χ1n) is 8.68. The summed E-state index contributed by atoms with van der Waals surface area (Å²) in [6, 6.07) is 15.2.